The van der Waals surface area contributed by atoms with Crippen molar-refractivity contribution in [1.29, 1.82) is 0 Å². The van der Waals surface area contributed by atoms with Crippen molar-refractivity contribution in [1.82, 2.24) is 16.0 Å². The first-order valence-corrected chi connectivity index (χ1v) is 12.8. The number of nitrogens with two attached hydrogens (primary N) is 3. The van der Waals surface area contributed by atoms with Gasteiger partial charge in [0.15, 0.2) is 0 Å². The summed E-state index contributed by atoms with van der Waals surface area (Å²) in [5.41, 5.74) is 12.1. The molecule has 0 unspecified atom stereocenters. The van der Waals surface area contributed by atoms with Crippen molar-refractivity contribution >= 4 is 41.4 Å². The first kappa shape index (κ1) is 35.4. The van der Waals surface area contributed by atoms with Crippen LogP contribution in [-0.2, 0) is 14.3 Å². The van der Waals surface area contributed by atoms with E-state index >= 15 is 0 Å². The third-order valence-corrected chi connectivity index (χ3v) is 6.10. The van der Waals surface area contributed by atoms with Gasteiger partial charge in [0.1, 0.15) is 6.61 Å². The highest BCUT2D eigenvalue weighted by molar-refractivity contribution is 6.40. The van der Waals surface area contributed by atoms with Crippen molar-refractivity contribution in [3.05, 3.63) is 23.8 Å². The van der Waals surface area contributed by atoms with Crippen LogP contribution in [0.3, 0.4) is 0 Å². The second-order valence-corrected chi connectivity index (χ2v) is 9.35. The minimum absolute atomic E-state index is 0.118. The summed E-state index contributed by atoms with van der Waals surface area (Å²) in [5, 5.41) is 12.8. The van der Waals surface area contributed by atoms with Crippen LogP contribution in [0.2, 0.25) is 19.0 Å². The Morgan fingerprint density at radius 2 is 1.50 bits per heavy atom. The summed E-state index contributed by atoms with van der Waals surface area (Å²) in [7, 11) is 16.7. The van der Waals surface area contributed by atoms with Gasteiger partial charge in [-0.1, -0.05) is 20.8 Å². The van der Waals surface area contributed by atoms with Crippen LogP contribution in [0.15, 0.2) is 33.9 Å². The van der Waals surface area contributed by atoms with Gasteiger partial charge >= 0.3 is 0 Å². The van der Waals surface area contributed by atoms with Gasteiger partial charge in [0.2, 0.25) is 5.91 Å². The molecular weight excluding hydrogens is 481 g/mol. The predicted molar refractivity (Wildman–Crippen MR) is 158 cm³/mol. The van der Waals surface area contributed by atoms with E-state index in [0.29, 0.717) is 30.3 Å². The van der Waals surface area contributed by atoms with Crippen molar-refractivity contribution in [3.63, 3.8) is 0 Å². The van der Waals surface area contributed by atoms with Crippen molar-refractivity contribution in [3.8, 4) is 0 Å². The zero-order valence-corrected chi connectivity index (χ0v) is 23.3. The summed E-state index contributed by atoms with van der Waals surface area (Å²) in [5.74, 6) is 4.99. The van der Waals surface area contributed by atoms with E-state index in [1.165, 1.54) is 6.21 Å². The number of aliphatic imine (C=N–C) groups is 1. The van der Waals surface area contributed by atoms with Crippen molar-refractivity contribution in [2.24, 2.45) is 32.8 Å². The number of amides is 1. The van der Waals surface area contributed by atoms with Gasteiger partial charge < -0.3 is 42.7 Å². The van der Waals surface area contributed by atoms with Gasteiger partial charge in [0.25, 0.3) is 0 Å². The van der Waals surface area contributed by atoms with Crippen LogP contribution in [0.1, 0.15) is 33.6 Å². The molecule has 0 saturated carbocycles. The van der Waals surface area contributed by atoms with Gasteiger partial charge in [-0.15, -0.1) is 0 Å². The predicted octanol–water partition coefficient (Wildman–Crippen LogP) is -0.374. The Morgan fingerprint density at radius 1 is 0.947 bits per heavy atom. The van der Waals surface area contributed by atoms with Gasteiger partial charge in [-0.05, 0) is 37.2 Å². The van der Waals surface area contributed by atoms with E-state index in [9.17, 15) is 4.79 Å². The minimum atomic E-state index is -0.942. The number of ether oxygens (including phenoxy) is 2. The average molecular weight is 526 g/mol. The highest BCUT2D eigenvalue weighted by Gasteiger charge is 2.31. The fourth-order valence-electron chi connectivity index (χ4n) is 3.03. The third kappa shape index (κ3) is 15.6. The average Bonchev–Trinajstić information content (AvgIpc) is 2.92. The Kier molecular flexibility index (Phi) is 19.0. The fourth-order valence-corrected chi connectivity index (χ4v) is 3.03. The zero-order valence-electron chi connectivity index (χ0n) is 23.3. The van der Waals surface area contributed by atoms with E-state index in [-0.39, 0.29) is 63.1 Å². The topological polar surface area (TPSA) is 174 Å². The summed E-state index contributed by atoms with van der Waals surface area (Å²) in [6.07, 6.45) is 7.15. The lowest BCUT2D eigenvalue weighted by Crippen LogP contribution is -2.62. The number of hydrogen-bond acceptors (Lipinski definition) is 10. The van der Waals surface area contributed by atoms with E-state index < -0.39 is 5.54 Å². The molecule has 38 heavy (non-hydrogen) atoms. The number of allylic oxidation sites excluding steroid dienone is 2. The summed E-state index contributed by atoms with van der Waals surface area (Å²) >= 11 is 0. The molecule has 11 nitrogen and oxygen atoms in total. The number of nitrogens with one attached hydrogen (secondary N) is 3. The number of nitrogens with zero attached hydrogens (tertiary/aromatic N) is 2. The molecule has 0 aliphatic rings. The molecule has 1 amide bonds. The molecule has 0 aliphatic heterocycles. The molecule has 0 saturated heterocycles. The second kappa shape index (κ2) is 20.4. The molecule has 0 atom stereocenters. The zero-order chi connectivity index (χ0) is 28.9. The summed E-state index contributed by atoms with van der Waals surface area (Å²) in [6, 6.07) is 0. The molecule has 9 N–H and O–H groups in total. The first-order valence-electron chi connectivity index (χ1n) is 12.8. The maximum Gasteiger partial charge on any atom is 0.246 e. The second-order valence-electron chi connectivity index (χ2n) is 9.35. The monoisotopic (exact) mass is 526 g/mol. The largest absolute Gasteiger partial charge is 0.401 e. The summed E-state index contributed by atoms with van der Waals surface area (Å²) in [4.78, 5) is 17.3. The molecule has 0 aromatic carbocycles. The molecule has 0 bridgehead atoms. The molecular formula is C24H45B3N8O3. The smallest absolute Gasteiger partial charge is 0.246 e. The van der Waals surface area contributed by atoms with Gasteiger partial charge in [-0.25, -0.2) is 0 Å². The lowest BCUT2D eigenvalue weighted by molar-refractivity contribution is -0.128. The van der Waals surface area contributed by atoms with Crippen LogP contribution in [0.25, 0.3) is 0 Å². The van der Waals surface area contributed by atoms with Crippen LogP contribution in [0.5, 0.6) is 0 Å². The molecule has 0 heterocycles. The molecule has 208 valence electrons. The van der Waals surface area contributed by atoms with Gasteiger partial charge in [0, 0.05) is 43.1 Å². The van der Waals surface area contributed by atoms with Crippen LogP contribution >= 0.6 is 0 Å². The lowest BCUT2D eigenvalue weighted by Gasteiger charge is -2.34. The van der Waals surface area contributed by atoms with Crippen LogP contribution < -0.4 is 33.3 Å². The van der Waals surface area contributed by atoms with Crippen LogP contribution in [0, 0.1) is 5.41 Å². The van der Waals surface area contributed by atoms with E-state index in [2.05, 4.69) is 46.8 Å². The standard InChI is InChI=1S/C24H45B3N8O3/c1-4-23(3,5-2)18-38-7-6-37-14-22(36)34-24(15-31-11-19(28)8-25,16-32-12-20(29)9-26)17-33-13-21(10-27)35-30/h11-13,31-32H,4-10,14-18,28-30H2,1-3H3,(H,34,36)/b19-11-,20-12-,33-13?,35-21?. The summed E-state index contributed by atoms with van der Waals surface area (Å²) in [6.45, 7) is 8.28. The molecule has 0 rings (SSSR count). The lowest BCUT2D eigenvalue weighted by atomic mass is 9.86. The minimum Gasteiger partial charge on any atom is -0.401 e. The van der Waals surface area contributed by atoms with Gasteiger partial charge in [-0.3, -0.25) is 9.79 Å². The Labute approximate surface area is 232 Å². The maximum atomic E-state index is 12.9. The van der Waals surface area contributed by atoms with Crippen molar-refractivity contribution < 1.29 is 14.3 Å². The Morgan fingerprint density at radius 3 is 1.97 bits per heavy atom. The van der Waals surface area contributed by atoms with Crippen molar-refractivity contribution in [2.45, 2.75) is 58.1 Å². The normalized spacial score (nSPS) is 13.6. The number of carbonyl (C=O) groups is 1. The van der Waals surface area contributed by atoms with E-state index in [0.717, 1.165) is 12.8 Å². The third-order valence-electron chi connectivity index (χ3n) is 6.10. The van der Waals surface area contributed by atoms with E-state index in [1.54, 1.807) is 12.4 Å². The van der Waals surface area contributed by atoms with Crippen LogP contribution in [0.4, 0.5) is 0 Å². The Balaban J connectivity index is 5.42. The van der Waals surface area contributed by atoms with Gasteiger partial charge in [-0.2, -0.15) is 5.10 Å². The SMILES string of the molecule is [B]CC(C=NCC(CN/C=C(\N)C[B])(CN/C=C(\N)C[B])NC(=O)COCCOCC(C)(CC)CC)=NN. The Hall–Kier alpha value is -2.60. The Bertz CT molecular complexity index is 766. The van der Waals surface area contributed by atoms with E-state index in [4.69, 9.17) is 50.3 Å². The fraction of sp³-hybridized carbons (Fsp3) is 0.708. The molecule has 0 aromatic heterocycles. The number of rotatable bonds is 22. The quantitative estimate of drug-likeness (QED) is 0.0364. The van der Waals surface area contributed by atoms with Crippen molar-refractivity contribution in [2.75, 3.05) is 46.1 Å². The van der Waals surface area contributed by atoms with Crippen LogP contribution in [-0.4, -0.2) is 93.0 Å². The number of hydrogen-bond donors (Lipinski definition) is 6. The maximum absolute atomic E-state index is 12.9. The van der Waals surface area contributed by atoms with E-state index in [1.807, 2.05) is 0 Å². The molecule has 0 aliphatic carbocycles. The highest BCUT2D eigenvalue weighted by atomic mass is 16.5. The number of hydrazone groups is 1. The molecule has 6 radical (unpaired) electrons. The summed E-state index contributed by atoms with van der Waals surface area (Å²) < 4.78 is 11.3. The van der Waals surface area contributed by atoms with Gasteiger partial charge in [0.05, 0.1) is 61.2 Å². The molecule has 0 aromatic rings. The molecule has 0 fully saturated rings. The molecule has 0 spiro atoms. The first-order chi connectivity index (χ1) is 18.1. The molecule has 14 heteroatoms. The number of carbonyl (C=O) groups excluding carboxylic acids is 1. The highest BCUT2D eigenvalue weighted by Crippen LogP contribution is 2.25.